The van der Waals surface area contributed by atoms with Gasteiger partial charge in [0.1, 0.15) is 11.4 Å². The number of aryl methyl sites for hydroxylation is 1. The van der Waals surface area contributed by atoms with Gasteiger partial charge in [-0.05, 0) is 25.5 Å². The Morgan fingerprint density at radius 1 is 1.38 bits per heavy atom. The lowest BCUT2D eigenvalue weighted by molar-refractivity contribution is 0.111. The summed E-state index contributed by atoms with van der Waals surface area (Å²) in [7, 11) is 0. The van der Waals surface area contributed by atoms with E-state index in [9.17, 15) is 4.79 Å². The zero-order valence-corrected chi connectivity index (χ0v) is 12.8. The molecule has 1 aromatic carbocycles. The number of thiazole rings is 1. The zero-order valence-electron chi connectivity index (χ0n) is 12.0. The molecule has 4 nitrogen and oxygen atoms in total. The van der Waals surface area contributed by atoms with Crippen LogP contribution in [0.3, 0.4) is 0 Å². The van der Waals surface area contributed by atoms with Crippen molar-refractivity contribution in [2.24, 2.45) is 0 Å². The Kier molecular flexibility index (Phi) is 3.75. The maximum absolute atomic E-state index is 11.1. The van der Waals surface area contributed by atoms with E-state index in [-0.39, 0.29) is 0 Å². The van der Waals surface area contributed by atoms with E-state index in [1.807, 2.05) is 36.4 Å². The molecule has 0 spiro atoms. The average molecular weight is 300 g/mol. The van der Waals surface area contributed by atoms with Gasteiger partial charge in [0.25, 0.3) is 0 Å². The molecule has 0 saturated carbocycles. The molecule has 0 bridgehead atoms. The number of nitrogens with zero attached hydrogens (tertiary/aromatic N) is 2. The van der Waals surface area contributed by atoms with Crippen molar-refractivity contribution in [3.05, 3.63) is 52.3 Å². The molecule has 108 valence electrons. The molecule has 3 aromatic rings. The number of ether oxygens (including phenoxy) is 1. The van der Waals surface area contributed by atoms with Crippen molar-refractivity contribution in [1.82, 2.24) is 9.38 Å². The molecule has 0 aliphatic carbocycles. The summed E-state index contributed by atoms with van der Waals surface area (Å²) >= 11 is 1.62. The first kappa shape index (κ1) is 13.8. The standard InChI is InChI=1S/C16H16N2O2S/c1-3-20-14-7-5-4-6-12(14)8-15-11(2)18-13(10-19)9-17-16(18)21-15/h4-7,9-10H,3,8H2,1-2H3. The van der Waals surface area contributed by atoms with Gasteiger partial charge in [-0.3, -0.25) is 9.20 Å². The first-order chi connectivity index (χ1) is 10.2. The molecular formula is C16H16N2O2S. The highest BCUT2D eigenvalue weighted by Crippen LogP contribution is 2.29. The molecule has 0 N–H and O–H groups in total. The molecule has 2 aromatic heterocycles. The van der Waals surface area contributed by atoms with Crippen LogP contribution in [-0.4, -0.2) is 22.3 Å². The van der Waals surface area contributed by atoms with Gasteiger partial charge in [-0.1, -0.05) is 18.2 Å². The molecule has 0 unspecified atom stereocenters. The average Bonchev–Trinajstić information content (AvgIpc) is 3.02. The Labute approximate surface area is 127 Å². The zero-order chi connectivity index (χ0) is 14.8. The summed E-state index contributed by atoms with van der Waals surface area (Å²) < 4.78 is 7.59. The van der Waals surface area contributed by atoms with E-state index in [1.54, 1.807) is 17.5 Å². The smallest absolute Gasteiger partial charge is 0.194 e. The molecule has 2 heterocycles. The minimum Gasteiger partial charge on any atom is -0.494 e. The van der Waals surface area contributed by atoms with E-state index in [0.717, 1.165) is 34.7 Å². The lowest BCUT2D eigenvalue weighted by atomic mass is 10.1. The second kappa shape index (κ2) is 5.69. The van der Waals surface area contributed by atoms with Gasteiger partial charge in [-0.2, -0.15) is 0 Å². The number of hydrogen-bond acceptors (Lipinski definition) is 4. The highest BCUT2D eigenvalue weighted by Gasteiger charge is 2.14. The van der Waals surface area contributed by atoms with Crippen LogP contribution in [0.1, 0.15) is 33.5 Å². The summed E-state index contributed by atoms with van der Waals surface area (Å²) in [5.74, 6) is 0.918. The van der Waals surface area contributed by atoms with Crippen molar-refractivity contribution in [2.45, 2.75) is 20.3 Å². The van der Waals surface area contributed by atoms with Gasteiger partial charge in [0.2, 0.25) is 0 Å². The number of rotatable bonds is 5. The molecule has 5 heteroatoms. The molecule has 0 aliphatic rings. The van der Waals surface area contributed by atoms with E-state index in [1.165, 1.54) is 4.88 Å². The Morgan fingerprint density at radius 3 is 2.95 bits per heavy atom. The maximum atomic E-state index is 11.1. The van der Waals surface area contributed by atoms with Crippen molar-refractivity contribution in [3.8, 4) is 5.75 Å². The van der Waals surface area contributed by atoms with Gasteiger partial charge in [-0.15, -0.1) is 11.3 Å². The van der Waals surface area contributed by atoms with Crippen LogP contribution in [0.4, 0.5) is 0 Å². The quantitative estimate of drug-likeness (QED) is 0.677. The first-order valence-corrected chi connectivity index (χ1v) is 7.67. The van der Waals surface area contributed by atoms with E-state index < -0.39 is 0 Å². The molecule has 0 fully saturated rings. The fourth-order valence-corrected chi connectivity index (χ4v) is 3.56. The van der Waals surface area contributed by atoms with Gasteiger partial charge < -0.3 is 4.74 Å². The van der Waals surface area contributed by atoms with Crippen LogP contribution in [-0.2, 0) is 6.42 Å². The summed E-state index contributed by atoms with van der Waals surface area (Å²) in [6.45, 7) is 4.66. The van der Waals surface area contributed by atoms with Crippen LogP contribution in [0, 0.1) is 6.92 Å². The lowest BCUT2D eigenvalue weighted by Crippen LogP contribution is -1.98. The van der Waals surface area contributed by atoms with Gasteiger partial charge in [0.05, 0.1) is 12.8 Å². The third kappa shape index (κ3) is 2.45. The number of carbonyl (C=O) groups is 1. The van der Waals surface area contributed by atoms with Crippen LogP contribution in [0.5, 0.6) is 5.75 Å². The van der Waals surface area contributed by atoms with E-state index >= 15 is 0 Å². The normalized spacial score (nSPS) is 11.0. The second-order valence-electron chi connectivity index (χ2n) is 4.75. The molecule has 0 saturated heterocycles. The molecule has 0 atom stereocenters. The van der Waals surface area contributed by atoms with Crippen molar-refractivity contribution in [3.63, 3.8) is 0 Å². The predicted octanol–water partition coefficient (Wildman–Crippen LogP) is 3.51. The van der Waals surface area contributed by atoms with Gasteiger partial charge in [0, 0.05) is 17.0 Å². The third-order valence-corrected chi connectivity index (χ3v) is 4.61. The fourth-order valence-electron chi connectivity index (χ4n) is 2.43. The van der Waals surface area contributed by atoms with Crippen LogP contribution in [0.25, 0.3) is 4.96 Å². The maximum Gasteiger partial charge on any atom is 0.194 e. The van der Waals surface area contributed by atoms with E-state index in [4.69, 9.17) is 4.74 Å². The van der Waals surface area contributed by atoms with E-state index in [0.29, 0.717) is 12.3 Å². The summed E-state index contributed by atoms with van der Waals surface area (Å²) in [4.78, 5) is 17.4. The Balaban J connectivity index is 2.00. The van der Waals surface area contributed by atoms with Crippen molar-refractivity contribution in [2.75, 3.05) is 6.61 Å². The summed E-state index contributed by atoms with van der Waals surface area (Å²) in [5, 5.41) is 0. The Morgan fingerprint density at radius 2 is 2.19 bits per heavy atom. The summed E-state index contributed by atoms with van der Waals surface area (Å²) in [6.07, 6.45) is 3.25. The summed E-state index contributed by atoms with van der Waals surface area (Å²) in [5.41, 5.74) is 2.82. The second-order valence-corrected chi connectivity index (χ2v) is 5.81. The van der Waals surface area contributed by atoms with Crippen LogP contribution in [0.15, 0.2) is 30.5 Å². The fraction of sp³-hybridized carbons (Fsp3) is 0.250. The Bertz CT molecular complexity index is 789. The number of aldehydes is 1. The number of carbonyl (C=O) groups excluding carboxylic acids is 1. The van der Waals surface area contributed by atoms with Gasteiger partial charge >= 0.3 is 0 Å². The number of para-hydroxylation sites is 1. The van der Waals surface area contributed by atoms with Crippen molar-refractivity contribution < 1.29 is 9.53 Å². The minimum atomic E-state index is 0.600. The molecular weight excluding hydrogens is 284 g/mol. The first-order valence-electron chi connectivity index (χ1n) is 6.86. The SMILES string of the molecule is CCOc1ccccc1Cc1sc2ncc(C=O)n2c1C. The van der Waals surface area contributed by atoms with Crippen LogP contribution < -0.4 is 4.74 Å². The molecule has 0 radical (unpaired) electrons. The number of hydrogen-bond donors (Lipinski definition) is 0. The molecule has 21 heavy (non-hydrogen) atoms. The van der Waals surface area contributed by atoms with Gasteiger partial charge in [-0.25, -0.2) is 4.98 Å². The third-order valence-electron chi connectivity index (χ3n) is 3.45. The summed E-state index contributed by atoms with van der Waals surface area (Å²) in [6, 6.07) is 8.06. The number of imidazole rings is 1. The van der Waals surface area contributed by atoms with Crippen molar-refractivity contribution in [1.29, 1.82) is 0 Å². The highest BCUT2D eigenvalue weighted by molar-refractivity contribution is 7.17. The molecule has 3 rings (SSSR count). The molecule has 0 aliphatic heterocycles. The largest absolute Gasteiger partial charge is 0.494 e. The number of benzene rings is 1. The Hall–Kier alpha value is -2.14. The predicted molar refractivity (Wildman–Crippen MR) is 83.6 cm³/mol. The molecule has 0 amide bonds. The lowest BCUT2D eigenvalue weighted by Gasteiger charge is -2.09. The van der Waals surface area contributed by atoms with Crippen molar-refractivity contribution >= 4 is 22.6 Å². The van der Waals surface area contributed by atoms with Crippen LogP contribution >= 0.6 is 11.3 Å². The topological polar surface area (TPSA) is 43.6 Å². The minimum absolute atomic E-state index is 0.600. The highest BCUT2D eigenvalue weighted by atomic mass is 32.1. The van der Waals surface area contributed by atoms with Gasteiger partial charge in [0.15, 0.2) is 11.2 Å². The van der Waals surface area contributed by atoms with Crippen LogP contribution in [0.2, 0.25) is 0 Å². The monoisotopic (exact) mass is 300 g/mol. The number of fused-ring (bicyclic) bond motifs is 1. The van der Waals surface area contributed by atoms with E-state index in [2.05, 4.69) is 11.1 Å². The number of aromatic nitrogens is 2.